The number of hydrogen-bond donors (Lipinski definition) is 0. The molecule has 0 radical (unpaired) electrons. The molecule has 17 heavy (non-hydrogen) atoms. The van der Waals surface area contributed by atoms with Crippen LogP contribution < -0.4 is 0 Å². The average molecular weight is 252 g/mol. The van der Waals surface area contributed by atoms with Crippen LogP contribution in [0.1, 0.15) is 30.7 Å². The zero-order chi connectivity index (χ0) is 12.3. The molecule has 0 saturated heterocycles. The number of carbonyl (C=O) groups excluding carboxylic acids is 1. The molecule has 1 aliphatic rings. The van der Waals surface area contributed by atoms with Crippen LogP contribution in [0.4, 0.5) is 0 Å². The summed E-state index contributed by atoms with van der Waals surface area (Å²) in [7, 11) is 0. The summed E-state index contributed by atoms with van der Waals surface area (Å²) >= 11 is 6.24. The van der Waals surface area contributed by atoms with Gasteiger partial charge in [0.2, 0.25) is 5.91 Å². The van der Waals surface area contributed by atoms with Crippen LogP contribution >= 0.6 is 11.6 Å². The van der Waals surface area contributed by atoms with Crippen molar-refractivity contribution in [1.82, 2.24) is 4.90 Å². The van der Waals surface area contributed by atoms with Crippen LogP contribution in [0.3, 0.4) is 0 Å². The van der Waals surface area contributed by atoms with Gasteiger partial charge in [0.1, 0.15) is 5.38 Å². The maximum Gasteiger partial charge on any atom is 0.245 e. The molecule has 1 aliphatic carbocycles. The van der Waals surface area contributed by atoms with Gasteiger partial charge in [-0.3, -0.25) is 4.79 Å². The second kappa shape index (κ2) is 5.54. The highest BCUT2D eigenvalue weighted by atomic mass is 35.5. The molecule has 0 aromatic heterocycles. The van der Waals surface area contributed by atoms with Gasteiger partial charge in [0.15, 0.2) is 0 Å². The number of alkyl halides is 1. The van der Waals surface area contributed by atoms with Gasteiger partial charge in [-0.05, 0) is 31.2 Å². The Kier molecular flexibility index (Phi) is 4.06. The Morgan fingerprint density at radius 3 is 2.59 bits per heavy atom. The van der Waals surface area contributed by atoms with Crippen LogP contribution in [0.5, 0.6) is 0 Å². The van der Waals surface area contributed by atoms with Gasteiger partial charge < -0.3 is 4.90 Å². The van der Waals surface area contributed by atoms with Crippen molar-refractivity contribution in [1.29, 1.82) is 0 Å². The molecule has 92 valence electrons. The molecule has 1 aromatic rings. The first-order chi connectivity index (χ1) is 8.22. The van der Waals surface area contributed by atoms with Crippen molar-refractivity contribution in [2.45, 2.75) is 25.1 Å². The number of carbonyl (C=O) groups is 1. The molecule has 2 rings (SSSR count). The average Bonchev–Trinajstić information content (AvgIpc) is 3.19. The number of hydrogen-bond acceptors (Lipinski definition) is 1. The summed E-state index contributed by atoms with van der Waals surface area (Å²) in [6.07, 6.45) is 2.50. The number of rotatable bonds is 5. The summed E-state index contributed by atoms with van der Waals surface area (Å²) in [6, 6.07) is 9.56. The minimum absolute atomic E-state index is 0.0345. The summed E-state index contributed by atoms with van der Waals surface area (Å²) in [4.78, 5) is 14.1. The normalized spacial score (nSPS) is 16.6. The van der Waals surface area contributed by atoms with Crippen LogP contribution in [0.15, 0.2) is 30.3 Å². The molecule has 2 nitrogen and oxygen atoms in total. The quantitative estimate of drug-likeness (QED) is 0.736. The van der Waals surface area contributed by atoms with Crippen molar-refractivity contribution in [2.24, 2.45) is 5.92 Å². The van der Waals surface area contributed by atoms with Crippen LogP contribution in [-0.4, -0.2) is 23.9 Å². The van der Waals surface area contributed by atoms with E-state index in [1.54, 1.807) is 0 Å². The largest absolute Gasteiger partial charge is 0.341 e. The molecule has 0 spiro atoms. The molecule has 1 saturated carbocycles. The van der Waals surface area contributed by atoms with E-state index in [1.807, 2.05) is 42.2 Å². The molecule has 1 atom stereocenters. The van der Waals surface area contributed by atoms with Gasteiger partial charge in [-0.1, -0.05) is 30.3 Å². The summed E-state index contributed by atoms with van der Waals surface area (Å²) < 4.78 is 0. The van der Waals surface area contributed by atoms with Crippen molar-refractivity contribution >= 4 is 17.5 Å². The second-order valence-electron chi connectivity index (χ2n) is 4.59. The Labute approximate surface area is 108 Å². The minimum atomic E-state index is -0.546. The van der Waals surface area contributed by atoms with Gasteiger partial charge >= 0.3 is 0 Å². The number of amides is 1. The van der Waals surface area contributed by atoms with E-state index in [4.69, 9.17) is 11.6 Å². The molecule has 3 heteroatoms. The first-order valence-corrected chi connectivity index (χ1v) is 6.63. The zero-order valence-corrected chi connectivity index (χ0v) is 10.9. The highest BCUT2D eigenvalue weighted by Crippen LogP contribution is 2.31. The molecule has 1 fully saturated rings. The zero-order valence-electron chi connectivity index (χ0n) is 10.1. The van der Waals surface area contributed by atoms with Crippen molar-refractivity contribution in [3.63, 3.8) is 0 Å². The fourth-order valence-corrected chi connectivity index (χ4v) is 2.20. The molecule has 1 aromatic carbocycles. The molecule has 0 N–H and O–H groups in total. The molecule has 0 heterocycles. The lowest BCUT2D eigenvalue weighted by atomic mass is 10.1. The van der Waals surface area contributed by atoms with E-state index in [0.29, 0.717) is 5.92 Å². The van der Waals surface area contributed by atoms with Crippen molar-refractivity contribution < 1.29 is 4.79 Å². The maximum atomic E-state index is 12.2. The molecule has 0 aliphatic heterocycles. The Hall–Kier alpha value is -1.02. The van der Waals surface area contributed by atoms with Crippen LogP contribution in [0.2, 0.25) is 0 Å². The van der Waals surface area contributed by atoms with Gasteiger partial charge in [-0.2, -0.15) is 0 Å². The second-order valence-corrected chi connectivity index (χ2v) is 5.03. The van der Waals surface area contributed by atoms with E-state index >= 15 is 0 Å². The lowest BCUT2D eigenvalue weighted by Gasteiger charge is -2.23. The number of nitrogens with zero attached hydrogens (tertiary/aromatic N) is 1. The predicted molar refractivity (Wildman–Crippen MR) is 70.0 cm³/mol. The van der Waals surface area contributed by atoms with Gasteiger partial charge in [0, 0.05) is 13.1 Å². The Morgan fingerprint density at radius 1 is 1.41 bits per heavy atom. The molecular formula is C14H18ClNO. The van der Waals surface area contributed by atoms with Gasteiger partial charge in [0.05, 0.1) is 0 Å². The molecule has 1 amide bonds. The van der Waals surface area contributed by atoms with E-state index < -0.39 is 5.38 Å². The molecule has 0 bridgehead atoms. The SMILES string of the molecule is CCN(CC1CC1)C(=O)C(Cl)c1ccccc1. The van der Waals surface area contributed by atoms with Crippen LogP contribution in [0.25, 0.3) is 0 Å². The smallest absolute Gasteiger partial charge is 0.245 e. The fourth-order valence-electron chi connectivity index (χ4n) is 1.91. The van der Waals surface area contributed by atoms with Crippen molar-refractivity contribution in [3.8, 4) is 0 Å². The standard InChI is InChI=1S/C14H18ClNO/c1-2-16(10-11-8-9-11)14(17)13(15)12-6-4-3-5-7-12/h3-7,11,13H,2,8-10H2,1H3. The van der Waals surface area contributed by atoms with Crippen LogP contribution in [-0.2, 0) is 4.79 Å². The van der Waals surface area contributed by atoms with Gasteiger partial charge in [-0.25, -0.2) is 0 Å². The van der Waals surface area contributed by atoms with E-state index in [0.717, 1.165) is 18.7 Å². The highest BCUT2D eigenvalue weighted by Gasteiger charge is 2.29. The minimum Gasteiger partial charge on any atom is -0.341 e. The first-order valence-electron chi connectivity index (χ1n) is 6.20. The van der Waals surface area contributed by atoms with E-state index in [-0.39, 0.29) is 5.91 Å². The molecule has 1 unspecified atom stereocenters. The van der Waals surface area contributed by atoms with E-state index in [1.165, 1.54) is 12.8 Å². The maximum absolute atomic E-state index is 12.2. The lowest BCUT2D eigenvalue weighted by molar-refractivity contribution is -0.131. The van der Waals surface area contributed by atoms with Gasteiger partial charge in [0.25, 0.3) is 0 Å². The third-order valence-electron chi connectivity index (χ3n) is 3.18. The Morgan fingerprint density at radius 2 is 2.06 bits per heavy atom. The fraction of sp³-hybridized carbons (Fsp3) is 0.500. The third kappa shape index (κ3) is 3.22. The predicted octanol–water partition coefficient (Wildman–Crippen LogP) is 3.23. The number of benzene rings is 1. The third-order valence-corrected chi connectivity index (χ3v) is 3.62. The molecular weight excluding hydrogens is 234 g/mol. The van der Waals surface area contributed by atoms with Crippen molar-refractivity contribution in [2.75, 3.05) is 13.1 Å². The topological polar surface area (TPSA) is 20.3 Å². The Balaban J connectivity index is 2.01. The van der Waals surface area contributed by atoms with Crippen molar-refractivity contribution in [3.05, 3.63) is 35.9 Å². The summed E-state index contributed by atoms with van der Waals surface area (Å²) in [5.41, 5.74) is 0.883. The van der Waals surface area contributed by atoms with Gasteiger partial charge in [-0.15, -0.1) is 11.6 Å². The van der Waals surface area contributed by atoms with E-state index in [9.17, 15) is 4.79 Å². The number of likely N-dealkylation sites (N-methyl/N-ethyl adjacent to an activating group) is 1. The summed E-state index contributed by atoms with van der Waals surface area (Å²) in [5.74, 6) is 0.741. The highest BCUT2D eigenvalue weighted by molar-refractivity contribution is 6.30. The van der Waals surface area contributed by atoms with E-state index in [2.05, 4.69) is 0 Å². The monoisotopic (exact) mass is 251 g/mol. The lowest BCUT2D eigenvalue weighted by Crippen LogP contribution is -2.35. The summed E-state index contributed by atoms with van der Waals surface area (Å²) in [5, 5.41) is -0.546. The first kappa shape index (κ1) is 12.4. The number of halogens is 1. The van der Waals surface area contributed by atoms with Crippen LogP contribution in [0, 0.1) is 5.92 Å². The Bertz CT molecular complexity index is 375. The summed E-state index contributed by atoms with van der Waals surface area (Å²) in [6.45, 7) is 3.62.